The van der Waals surface area contributed by atoms with Gasteiger partial charge in [-0.05, 0) is 69.4 Å². The molecule has 3 rings (SSSR count). The average molecular weight is 550 g/mol. The zero-order valence-corrected chi connectivity index (χ0v) is 23.9. The van der Waals surface area contributed by atoms with Crippen LogP contribution in [-0.2, 0) is 27.5 Å². The van der Waals surface area contributed by atoms with Crippen LogP contribution >= 0.6 is 11.8 Å². The molecule has 1 unspecified atom stereocenters. The van der Waals surface area contributed by atoms with Crippen LogP contribution in [0.25, 0.3) is 0 Å². The second-order valence-electron chi connectivity index (χ2n) is 10.9. The Morgan fingerprint density at radius 2 is 1.97 bits per heavy atom. The molecule has 2 heterocycles. The largest absolute Gasteiger partial charge is 0.391 e. The summed E-state index contributed by atoms with van der Waals surface area (Å²) >= 11 is 1.56. The summed E-state index contributed by atoms with van der Waals surface area (Å²) in [6, 6.07) is -2.56. The number of aliphatic hydroxyl groups is 1. The molecule has 38 heavy (non-hydrogen) atoms. The van der Waals surface area contributed by atoms with Crippen molar-refractivity contribution in [2.75, 3.05) is 18.6 Å². The maximum Gasteiger partial charge on any atom is 0.245 e. The number of aryl methyl sites for hydroxylation is 1. The number of amides is 3. The first-order valence-corrected chi connectivity index (χ1v) is 14.8. The first-order chi connectivity index (χ1) is 18.0. The number of nitrogens with one attached hydrogen (secondary N) is 4. The smallest absolute Gasteiger partial charge is 0.245 e. The van der Waals surface area contributed by atoms with Gasteiger partial charge < -0.3 is 26.4 Å². The van der Waals surface area contributed by atoms with Crippen molar-refractivity contribution in [1.82, 2.24) is 36.3 Å². The lowest BCUT2D eigenvalue weighted by molar-refractivity contribution is -0.134. The monoisotopic (exact) mass is 549 g/mol. The van der Waals surface area contributed by atoms with Gasteiger partial charge in [-0.1, -0.05) is 30.7 Å². The number of allylic oxidation sites excluding steroid dienone is 2. The van der Waals surface area contributed by atoms with Gasteiger partial charge in [0.05, 0.1) is 24.9 Å². The SMILES string of the molecule is CSCC[C@@H]1NC(=O)C([C@@H](C)O)NC(=O)[C@H](C)NCC[C@H]2CC=C(CCn3cc(nn3)CNC1=O)C2(C)C. The average Bonchev–Trinajstić information content (AvgIpc) is 3.44. The number of hydrogen-bond acceptors (Lipinski definition) is 8. The minimum atomic E-state index is -1.19. The quantitative estimate of drug-likeness (QED) is 0.345. The van der Waals surface area contributed by atoms with Crippen LogP contribution in [0.2, 0.25) is 0 Å². The number of rotatable bonds is 4. The summed E-state index contributed by atoms with van der Waals surface area (Å²) in [6.45, 7) is 9.25. The van der Waals surface area contributed by atoms with Crippen molar-refractivity contribution in [3.63, 3.8) is 0 Å². The minimum Gasteiger partial charge on any atom is -0.391 e. The molecule has 11 nitrogen and oxygen atoms in total. The zero-order valence-electron chi connectivity index (χ0n) is 23.1. The number of aromatic nitrogens is 3. The summed E-state index contributed by atoms with van der Waals surface area (Å²) in [7, 11) is 0. The number of carbonyl (C=O) groups is 3. The molecule has 1 aromatic heterocycles. The van der Waals surface area contributed by atoms with E-state index in [-0.39, 0.29) is 23.8 Å². The molecule has 5 atom stereocenters. The second-order valence-corrected chi connectivity index (χ2v) is 11.8. The van der Waals surface area contributed by atoms with E-state index in [4.69, 9.17) is 0 Å². The van der Waals surface area contributed by atoms with Crippen molar-refractivity contribution < 1.29 is 19.5 Å². The van der Waals surface area contributed by atoms with Crippen LogP contribution in [0.3, 0.4) is 0 Å². The number of hydrogen-bond donors (Lipinski definition) is 5. The molecule has 3 amide bonds. The molecule has 5 N–H and O–H groups in total. The summed E-state index contributed by atoms with van der Waals surface area (Å²) < 4.78 is 1.80. The Morgan fingerprint density at radius 3 is 2.68 bits per heavy atom. The summed E-state index contributed by atoms with van der Waals surface area (Å²) in [4.78, 5) is 38.9. The van der Waals surface area contributed by atoms with E-state index >= 15 is 0 Å². The molecule has 0 spiro atoms. The maximum atomic E-state index is 13.1. The van der Waals surface area contributed by atoms with Crippen molar-refractivity contribution in [1.29, 1.82) is 0 Å². The lowest BCUT2D eigenvalue weighted by atomic mass is 9.75. The van der Waals surface area contributed by atoms with E-state index in [0.717, 1.165) is 19.3 Å². The Balaban J connectivity index is 1.80. The molecule has 1 aliphatic heterocycles. The Labute approximate surface area is 229 Å². The van der Waals surface area contributed by atoms with Crippen LogP contribution in [-0.4, -0.2) is 80.6 Å². The van der Waals surface area contributed by atoms with Crippen molar-refractivity contribution in [2.24, 2.45) is 11.3 Å². The van der Waals surface area contributed by atoms with Crippen LogP contribution in [0, 0.1) is 11.3 Å². The van der Waals surface area contributed by atoms with Gasteiger partial charge in [-0.25, -0.2) is 0 Å². The van der Waals surface area contributed by atoms with E-state index in [1.807, 2.05) is 12.5 Å². The third-order valence-corrected chi connectivity index (χ3v) is 8.42. The Bertz CT molecular complexity index is 1010. The van der Waals surface area contributed by atoms with Crippen molar-refractivity contribution >= 4 is 29.5 Å². The first-order valence-electron chi connectivity index (χ1n) is 13.4. The molecule has 1 aromatic rings. The Hall–Kier alpha value is -2.44. The number of nitrogens with zero attached hydrogens (tertiary/aromatic N) is 3. The predicted molar refractivity (Wildman–Crippen MR) is 147 cm³/mol. The van der Waals surface area contributed by atoms with Gasteiger partial charge in [0, 0.05) is 6.54 Å². The summed E-state index contributed by atoms with van der Waals surface area (Å²) in [5, 5.41) is 30.2. The highest BCUT2D eigenvalue weighted by molar-refractivity contribution is 7.98. The normalized spacial score (nSPS) is 28.4. The fourth-order valence-corrected chi connectivity index (χ4v) is 5.56. The predicted octanol–water partition coefficient (Wildman–Crippen LogP) is 0.742. The lowest BCUT2D eigenvalue weighted by Gasteiger charge is -2.32. The van der Waals surface area contributed by atoms with Gasteiger partial charge in [-0.2, -0.15) is 11.8 Å². The van der Waals surface area contributed by atoms with Gasteiger partial charge >= 0.3 is 0 Å². The number of aliphatic hydroxyl groups excluding tert-OH is 1. The van der Waals surface area contributed by atoms with Crippen LogP contribution in [0.5, 0.6) is 0 Å². The van der Waals surface area contributed by atoms with Gasteiger partial charge in [0.15, 0.2) is 0 Å². The lowest BCUT2D eigenvalue weighted by Crippen LogP contribution is -2.59. The molecule has 2 aliphatic rings. The standard InChI is InChI=1S/C26H43N7O4S/c1-16-23(35)30-22(17(2)34)25(37)29-21(10-13-38-5)24(36)28-14-20-15-33(32-31-20)12-9-19-7-6-18(8-11-27-16)26(19,3)4/h7,15-18,21-22,27,34H,6,8-14H2,1-5H3,(H,28,36)(H,29,37)(H,30,35)/t16-,17+,18+,21-,22?/m0/s1. The maximum absolute atomic E-state index is 13.1. The highest BCUT2D eigenvalue weighted by atomic mass is 32.2. The van der Waals surface area contributed by atoms with E-state index in [1.165, 1.54) is 12.5 Å². The molecule has 4 bridgehead atoms. The zero-order chi connectivity index (χ0) is 27.9. The van der Waals surface area contributed by atoms with Gasteiger partial charge in [-0.3, -0.25) is 19.1 Å². The molecule has 12 heteroatoms. The van der Waals surface area contributed by atoms with E-state index in [2.05, 4.69) is 51.5 Å². The number of fused-ring (bicyclic) bond motifs is 4. The Kier molecular flexibility index (Phi) is 10.8. The van der Waals surface area contributed by atoms with E-state index in [1.54, 1.807) is 23.4 Å². The van der Waals surface area contributed by atoms with Gasteiger partial charge in [-0.15, -0.1) is 5.10 Å². The summed E-state index contributed by atoms with van der Waals surface area (Å²) in [6.07, 6.45) is 8.10. The molecule has 0 saturated carbocycles. The highest BCUT2D eigenvalue weighted by Crippen LogP contribution is 2.46. The summed E-state index contributed by atoms with van der Waals surface area (Å²) in [5.41, 5.74) is 2.06. The van der Waals surface area contributed by atoms with Crippen LogP contribution in [0.15, 0.2) is 17.8 Å². The van der Waals surface area contributed by atoms with E-state index < -0.39 is 30.1 Å². The molecular weight excluding hydrogens is 506 g/mol. The van der Waals surface area contributed by atoms with Crippen molar-refractivity contribution in [2.45, 2.75) is 90.7 Å². The molecule has 0 fully saturated rings. The van der Waals surface area contributed by atoms with Crippen LogP contribution < -0.4 is 21.3 Å². The van der Waals surface area contributed by atoms with Crippen molar-refractivity contribution in [3.05, 3.63) is 23.5 Å². The first kappa shape index (κ1) is 30.1. The second kappa shape index (κ2) is 13.6. The van der Waals surface area contributed by atoms with Crippen LogP contribution in [0.1, 0.15) is 59.1 Å². The van der Waals surface area contributed by atoms with Gasteiger partial charge in [0.2, 0.25) is 17.7 Å². The van der Waals surface area contributed by atoms with E-state index in [9.17, 15) is 19.5 Å². The molecule has 212 valence electrons. The fourth-order valence-electron chi connectivity index (χ4n) is 5.09. The highest BCUT2D eigenvalue weighted by Gasteiger charge is 2.36. The third kappa shape index (κ3) is 7.79. The van der Waals surface area contributed by atoms with E-state index in [0.29, 0.717) is 36.9 Å². The third-order valence-electron chi connectivity index (χ3n) is 7.78. The number of carbonyl (C=O) groups excluding carboxylic acids is 3. The molecule has 0 radical (unpaired) electrons. The molecular formula is C26H43N7O4S. The topological polar surface area (TPSA) is 150 Å². The van der Waals surface area contributed by atoms with Gasteiger partial charge in [0.25, 0.3) is 0 Å². The minimum absolute atomic E-state index is 0.0323. The molecule has 1 aliphatic carbocycles. The Morgan fingerprint density at radius 1 is 1.21 bits per heavy atom. The molecule has 0 saturated heterocycles. The summed E-state index contributed by atoms with van der Waals surface area (Å²) in [5.74, 6) is -0.250. The number of thioether (sulfide) groups is 1. The fraction of sp³-hybridized carbons (Fsp3) is 0.731. The van der Waals surface area contributed by atoms with Crippen molar-refractivity contribution in [3.8, 4) is 0 Å². The van der Waals surface area contributed by atoms with Crippen LogP contribution in [0.4, 0.5) is 0 Å². The van der Waals surface area contributed by atoms with Gasteiger partial charge in [0.1, 0.15) is 17.8 Å². The molecule has 0 aromatic carbocycles.